The summed E-state index contributed by atoms with van der Waals surface area (Å²) in [5.41, 5.74) is 34.9. The van der Waals surface area contributed by atoms with Gasteiger partial charge >= 0.3 is 0 Å². The molecular weight excluding hydrogens is 1660 g/mol. The second kappa shape index (κ2) is 33.7. The second-order valence-corrected chi connectivity index (χ2v) is 61.1. The lowest BCUT2D eigenvalue weighted by molar-refractivity contribution is 1.23. The maximum atomic E-state index is 2.62. The maximum absolute atomic E-state index is 2.62. The predicted octanol–water partition coefficient (Wildman–Crippen LogP) is 33.8. The van der Waals surface area contributed by atoms with Gasteiger partial charge in [-0.25, -0.2) is 0 Å². The van der Waals surface area contributed by atoms with E-state index in [2.05, 4.69) is 505 Å². The van der Waals surface area contributed by atoms with Crippen LogP contribution in [0.5, 0.6) is 0 Å². The molecule has 20 rings (SSSR count). The normalized spacial score (nSPS) is 12.2. The van der Waals surface area contributed by atoms with Gasteiger partial charge in [0.2, 0.25) is 0 Å². The molecule has 0 N–H and O–H groups in total. The molecule has 0 aliphatic heterocycles. The molecule has 0 bridgehead atoms. The molecule has 0 radical (unpaired) electrons. The Bertz CT molecular complexity index is 7870. The van der Waals surface area contributed by atoms with Crippen LogP contribution >= 0.6 is 0 Å². The topological polar surface area (TPSA) is 13.0 Å². The molecule has 8 heteroatoms. The van der Waals surface area contributed by atoms with Crippen LogP contribution in [0.25, 0.3) is 109 Å². The van der Waals surface area contributed by atoms with Gasteiger partial charge in [0.05, 0.1) is 55.0 Å². The van der Waals surface area contributed by atoms with E-state index in [1.165, 1.54) is 231 Å². The average Bonchev–Trinajstić information content (AvgIpc) is 0.716. The van der Waals surface area contributed by atoms with Crippen LogP contribution in [0.2, 0.25) is 72.0 Å². The van der Waals surface area contributed by atoms with Gasteiger partial charge in [0, 0.05) is 67.0 Å². The number of anilines is 12. The highest BCUT2D eigenvalue weighted by Crippen LogP contribution is 2.54. The Labute approximate surface area is 785 Å². The molecule has 132 heavy (non-hydrogen) atoms. The smallest absolute Gasteiger partial charge is 0.0849 e. The molecule has 650 valence electrons. The van der Waals surface area contributed by atoms with E-state index in [1.54, 1.807) is 0 Å². The molecular formula is C124H118N4Si4. The zero-order chi connectivity index (χ0) is 91.7. The minimum atomic E-state index is -2.19. The van der Waals surface area contributed by atoms with Gasteiger partial charge in [-0.3, -0.25) is 0 Å². The van der Waals surface area contributed by atoms with E-state index in [4.69, 9.17) is 0 Å². The molecule has 0 unspecified atom stereocenters. The third-order valence-electron chi connectivity index (χ3n) is 28.4. The minimum absolute atomic E-state index is 0.990. The van der Waals surface area contributed by atoms with Crippen molar-refractivity contribution >= 4 is 186 Å². The highest BCUT2D eigenvalue weighted by Gasteiger charge is 2.33. The first-order valence-corrected chi connectivity index (χ1v) is 60.8. The molecule has 20 aromatic carbocycles. The molecule has 0 fully saturated rings. The number of aryl methyl sites for hydroxylation is 8. The van der Waals surface area contributed by atoms with Crippen molar-refractivity contribution in [3.05, 3.63) is 408 Å². The number of rotatable bonds is 22. The summed E-state index contributed by atoms with van der Waals surface area (Å²) in [4.78, 5) is 10.4. The highest BCUT2D eigenvalue weighted by molar-refractivity contribution is 6.90. The quantitative estimate of drug-likeness (QED) is 0.0495. The number of hydrogen-bond acceptors (Lipinski definition) is 4. The van der Waals surface area contributed by atoms with Crippen molar-refractivity contribution in [3.8, 4) is 44.5 Å². The van der Waals surface area contributed by atoms with Crippen LogP contribution in [0, 0.1) is 55.4 Å². The summed E-state index contributed by atoms with van der Waals surface area (Å²) >= 11 is 0. The minimum Gasteiger partial charge on any atom is -0.309 e. The third kappa shape index (κ3) is 15.8. The summed E-state index contributed by atoms with van der Waals surface area (Å²) in [5, 5.41) is 20.7. The predicted molar refractivity (Wildman–Crippen MR) is 588 cm³/mol. The number of benzene rings is 20. The molecule has 0 heterocycles. The Morgan fingerprint density at radius 2 is 0.402 bits per heavy atom. The highest BCUT2D eigenvalue weighted by atomic mass is 28.3. The molecule has 20 aromatic rings. The van der Waals surface area contributed by atoms with Crippen LogP contribution in [-0.4, -0.2) is 32.3 Å². The third-order valence-corrected chi connectivity index (χ3v) is 37.7. The van der Waals surface area contributed by atoms with Crippen molar-refractivity contribution in [2.24, 2.45) is 0 Å². The Morgan fingerprint density at radius 3 is 0.697 bits per heavy atom. The SMILES string of the molecule is Cc1cc([Si](C)(C)C)ccc1N(c1cc(-c2ccccc2)ccc1C)c1ccc2ccc3c(N(c4ccc([Si](C)(C)Cc5ccc(-c6ccc(C)c(N(c7cc([Si](C)(C)C)ccc7C)c7ccc8ccc9c(N(c%10cc(-c%11ccccc%11)ccc%10C)c%10cc([Si](C)(C)C)ccc%10C)ccc%10ccc7c8c%109)c6)cc5)cc4C)c4cc(-c5ccccc5)ccc4C)ccc4ccc1c2c43. The van der Waals surface area contributed by atoms with E-state index in [0.717, 1.165) is 23.1 Å². The molecule has 0 saturated carbocycles. The zero-order valence-electron chi connectivity index (χ0n) is 80.1. The summed E-state index contributed by atoms with van der Waals surface area (Å²) in [7, 11) is -7.39. The van der Waals surface area contributed by atoms with Gasteiger partial charge in [0.1, 0.15) is 0 Å². The van der Waals surface area contributed by atoms with Gasteiger partial charge in [-0.1, -0.05) is 383 Å². The summed E-state index contributed by atoms with van der Waals surface area (Å²) in [5.74, 6) is 0. The summed E-state index contributed by atoms with van der Waals surface area (Å²) < 4.78 is 0. The summed E-state index contributed by atoms with van der Waals surface area (Å²) in [6, 6.07) is 139. The van der Waals surface area contributed by atoms with E-state index in [-0.39, 0.29) is 0 Å². The van der Waals surface area contributed by atoms with Crippen LogP contribution in [-0.2, 0) is 6.04 Å². The van der Waals surface area contributed by atoms with Gasteiger partial charge in [0.25, 0.3) is 0 Å². The monoisotopic (exact) mass is 1770 g/mol. The lowest BCUT2D eigenvalue weighted by atomic mass is 9.91. The molecule has 0 atom stereocenters. The van der Waals surface area contributed by atoms with Crippen LogP contribution < -0.4 is 40.3 Å². The second-order valence-electron chi connectivity index (χ2n) is 41.1. The van der Waals surface area contributed by atoms with E-state index in [1.807, 2.05) is 0 Å². The van der Waals surface area contributed by atoms with Crippen molar-refractivity contribution in [3.63, 3.8) is 0 Å². The summed E-state index contributed by atoms with van der Waals surface area (Å²) in [6.07, 6.45) is 0. The van der Waals surface area contributed by atoms with Crippen LogP contribution in [0.3, 0.4) is 0 Å². The Kier molecular flexibility index (Phi) is 22.1. The average molecular weight is 1780 g/mol. The van der Waals surface area contributed by atoms with Crippen molar-refractivity contribution < 1.29 is 0 Å². The number of nitrogens with zero attached hydrogens (tertiary/aromatic N) is 4. The van der Waals surface area contributed by atoms with E-state index < -0.39 is 32.3 Å². The van der Waals surface area contributed by atoms with Crippen molar-refractivity contribution in [2.75, 3.05) is 19.6 Å². The lowest BCUT2D eigenvalue weighted by Crippen LogP contribution is -2.44. The van der Waals surface area contributed by atoms with Gasteiger partial charge in [-0.2, -0.15) is 0 Å². The standard InChI is InChI=1S/C124H118N4Si4/c1-80-35-43-97(89-29-23-20-24-30-89)73-115(80)125(109-69-59-101(71-86(109)7)129(9,10)11)111-65-53-93-50-62-106-112(66-54-94-49-61-105(111)121(93)122(94)106)126(116-74-98(44-36-81(116)2)90-31-25-21-26-32-90)110-70-60-104(72-87(110)8)132(18,19)79-88-41-47-92(48-42-88)100-46-38-83(4)118(76-100)128(120-78-103(131(15,16)17)58-40-85(120)6)114-68-56-96-51-63-107-113(67-55-95-52-64-108(114)124(96)123(95)107)127(119-77-102(130(12,13)14)57-39-84(119)5)117-75-99(45-37-82(117)3)91-33-27-22-28-34-91/h20-78H,79H2,1-19H3. The largest absolute Gasteiger partial charge is 0.309 e. The summed E-state index contributed by atoms with van der Waals surface area (Å²) in [6.45, 7) is 45.7. The molecule has 0 amide bonds. The van der Waals surface area contributed by atoms with Gasteiger partial charge in [-0.15, -0.1) is 0 Å². The molecule has 0 saturated heterocycles. The van der Waals surface area contributed by atoms with Gasteiger partial charge < -0.3 is 19.6 Å². The number of hydrogen-bond donors (Lipinski definition) is 0. The van der Waals surface area contributed by atoms with Crippen LogP contribution in [0.1, 0.15) is 50.1 Å². The van der Waals surface area contributed by atoms with Gasteiger partial charge in [0.15, 0.2) is 0 Å². The molecule has 0 spiro atoms. The molecule has 0 aromatic heterocycles. The maximum Gasteiger partial charge on any atom is 0.0849 e. The van der Waals surface area contributed by atoms with E-state index >= 15 is 0 Å². The fraction of sp³-hybridized carbons (Fsp3) is 0.161. The van der Waals surface area contributed by atoms with Gasteiger partial charge in [-0.05, 0) is 266 Å². The molecule has 0 aliphatic rings. The Balaban J connectivity index is 0.664. The fourth-order valence-electron chi connectivity index (χ4n) is 20.7. The van der Waals surface area contributed by atoms with E-state index in [0.29, 0.717) is 0 Å². The Hall–Kier alpha value is -13.5. The first-order valence-electron chi connectivity index (χ1n) is 47.1. The first kappa shape index (κ1) is 86.6. The zero-order valence-corrected chi connectivity index (χ0v) is 84.1. The van der Waals surface area contributed by atoms with Crippen LogP contribution in [0.15, 0.2) is 358 Å². The van der Waals surface area contributed by atoms with Crippen molar-refractivity contribution in [2.45, 2.75) is 133 Å². The van der Waals surface area contributed by atoms with Crippen molar-refractivity contribution in [1.82, 2.24) is 0 Å². The van der Waals surface area contributed by atoms with Crippen LogP contribution in [0.4, 0.5) is 68.2 Å². The molecule has 4 nitrogen and oxygen atoms in total. The van der Waals surface area contributed by atoms with E-state index in [9.17, 15) is 0 Å². The van der Waals surface area contributed by atoms with Crippen molar-refractivity contribution in [1.29, 1.82) is 0 Å². The molecule has 0 aliphatic carbocycles. The first-order chi connectivity index (χ1) is 63.4. The lowest BCUT2D eigenvalue weighted by Gasteiger charge is -2.33. The Morgan fingerprint density at radius 1 is 0.174 bits per heavy atom. The fourth-order valence-corrected chi connectivity index (χ4v) is 26.8.